The number of nitrogens with one attached hydrogen (secondary N) is 4. The minimum absolute atomic E-state index is 0.0202. The molecule has 4 amide bonds. The number of aromatic amines is 1. The minimum Gasteiger partial charge on any atom is -0.480 e. The monoisotopic (exact) mass is 383 g/mol. The van der Waals surface area contributed by atoms with E-state index in [1.807, 2.05) is 0 Å². The summed E-state index contributed by atoms with van der Waals surface area (Å²) >= 11 is 0. The Balaban J connectivity index is 2.61. The van der Waals surface area contributed by atoms with Gasteiger partial charge in [0.2, 0.25) is 23.6 Å². The molecule has 148 valence electrons. The fraction of sp³-hybridized carbons (Fsp3) is 0.429. The van der Waals surface area contributed by atoms with E-state index in [9.17, 15) is 24.0 Å². The van der Waals surface area contributed by atoms with Gasteiger partial charge in [-0.25, -0.2) is 4.98 Å². The Morgan fingerprint density at radius 3 is 2.37 bits per heavy atom. The fourth-order valence-corrected chi connectivity index (χ4v) is 1.96. The van der Waals surface area contributed by atoms with Gasteiger partial charge in [0.25, 0.3) is 0 Å². The third kappa shape index (κ3) is 8.44. The number of H-pyrrole nitrogens is 1. The van der Waals surface area contributed by atoms with E-state index < -0.39 is 54.8 Å². The van der Waals surface area contributed by atoms with Gasteiger partial charge in [-0.2, -0.15) is 0 Å². The highest BCUT2D eigenvalue weighted by molar-refractivity contribution is 5.93. The summed E-state index contributed by atoms with van der Waals surface area (Å²) in [5, 5.41) is 15.4. The van der Waals surface area contributed by atoms with Gasteiger partial charge in [0.15, 0.2) is 0 Å². The molecule has 13 nitrogen and oxygen atoms in total. The molecule has 1 aromatic heterocycles. The quantitative estimate of drug-likeness (QED) is 0.199. The zero-order chi connectivity index (χ0) is 20.4. The Hall–Kier alpha value is -3.48. The van der Waals surface area contributed by atoms with E-state index in [4.69, 9.17) is 16.6 Å². The van der Waals surface area contributed by atoms with Crippen molar-refractivity contribution in [2.75, 3.05) is 13.1 Å². The second-order valence-corrected chi connectivity index (χ2v) is 5.51. The predicted molar refractivity (Wildman–Crippen MR) is 89.7 cm³/mol. The Bertz CT molecular complexity index is 690. The number of hydrogen-bond donors (Lipinski definition) is 7. The van der Waals surface area contributed by atoms with Gasteiger partial charge in [-0.3, -0.25) is 24.0 Å². The van der Waals surface area contributed by atoms with Crippen LogP contribution in [-0.2, 0) is 30.4 Å². The summed E-state index contributed by atoms with van der Waals surface area (Å²) in [5.41, 5.74) is 10.9. The van der Waals surface area contributed by atoms with Crippen LogP contribution in [0.2, 0.25) is 0 Å². The maximum atomic E-state index is 12.1. The van der Waals surface area contributed by atoms with Crippen LogP contribution in [0.15, 0.2) is 12.5 Å². The van der Waals surface area contributed by atoms with Crippen molar-refractivity contribution in [1.82, 2.24) is 25.9 Å². The van der Waals surface area contributed by atoms with Crippen molar-refractivity contribution in [1.29, 1.82) is 0 Å². The summed E-state index contributed by atoms with van der Waals surface area (Å²) in [6, 6.07) is -2.30. The highest BCUT2D eigenvalue weighted by Crippen LogP contribution is 1.99. The number of primary amides is 1. The van der Waals surface area contributed by atoms with Crippen LogP contribution < -0.4 is 27.4 Å². The van der Waals surface area contributed by atoms with E-state index in [0.717, 1.165) is 0 Å². The van der Waals surface area contributed by atoms with E-state index in [1.165, 1.54) is 12.5 Å². The lowest BCUT2D eigenvalue weighted by Gasteiger charge is -2.18. The third-order valence-corrected chi connectivity index (χ3v) is 3.23. The van der Waals surface area contributed by atoms with Gasteiger partial charge in [-0.15, -0.1) is 0 Å². The topological polar surface area (TPSA) is 222 Å². The van der Waals surface area contributed by atoms with Crippen molar-refractivity contribution in [2.24, 2.45) is 11.5 Å². The number of imidazole rings is 1. The first-order valence-corrected chi connectivity index (χ1v) is 7.76. The largest absolute Gasteiger partial charge is 0.480 e. The zero-order valence-electron chi connectivity index (χ0n) is 14.2. The van der Waals surface area contributed by atoms with Gasteiger partial charge in [0.05, 0.1) is 25.3 Å². The number of carboxylic acids is 1. The number of nitrogens with zero attached hydrogens (tertiary/aromatic N) is 1. The second kappa shape index (κ2) is 10.5. The summed E-state index contributed by atoms with van der Waals surface area (Å²) < 4.78 is 0. The van der Waals surface area contributed by atoms with Gasteiger partial charge >= 0.3 is 5.97 Å². The minimum atomic E-state index is -1.24. The molecule has 9 N–H and O–H groups in total. The SMILES string of the molecule is NC(=O)CC(N)C(=O)NCC(=O)NC(Cc1cnc[nH]1)C(=O)NCC(=O)O. The lowest BCUT2D eigenvalue weighted by Crippen LogP contribution is -2.52. The van der Waals surface area contributed by atoms with Gasteiger partial charge in [-0.1, -0.05) is 0 Å². The first-order valence-electron chi connectivity index (χ1n) is 7.76. The molecule has 0 bridgehead atoms. The molecular formula is C14H21N7O6. The number of rotatable bonds is 11. The highest BCUT2D eigenvalue weighted by Gasteiger charge is 2.23. The molecule has 0 saturated carbocycles. The molecule has 27 heavy (non-hydrogen) atoms. The van der Waals surface area contributed by atoms with Gasteiger partial charge in [0.1, 0.15) is 12.6 Å². The maximum absolute atomic E-state index is 12.1. The molecule has 13 heteroatoms. The fourth-order valence-electron chi connectivity index (χ4n) is 1.96. The number of aliphatic carboxylic acids is 1. The Morgan fingerprint density at radius 2 is 1.81 bits per heavy atom. The molecule has 0 aliphatic heterocycles. The smallest absolute Gasteiger partial charge is 0.322 e. The summed E-state index contributed by atoms with van der Waals surface area (Å²) in [6.07, 6.45) is 2.46. The Labute approximate surface area is 153 Å². The van der Waals surface area contributed by atoms with E-state index >= 15 is 0 Å². The van der Waals surface area contributed by atoms with E-state index in [2.05, 4.69) is 25.9 Å². The molecule has 0 spiro atoms. The lowest BCUT2D eigenvalue weighted by atomic mass is 10.1. The zero-order valence-corrected chi connectivity index (χ0v) is 14.2. The molecule has 0 aromatic carbocycles. The molecule has 0 radical (unpaired) electrons. The van der Waals surface area contributed by atoms with Crippen LogP contribution in [0.5, 0.6) is 0 Å². The molecule has 2 unspecified atom stereocenters. The molecule has 2 atom stereocenters. The average Bonchev–Trinajstić information content (AvgIpc) is 3.09. The van der Waals surface area contributed by atoms with Crippen LogP contribution in [-0.4, -0.2) is 69.8 Å². The first-order chi connectivity index (χ1) is 12.7. The standard InChI is InChI=1S/C14H21N7O6/c15-8(2-10(16)22)13(26)18-4-11(23)21-9(1-7-3-17-6-20-7)14(27)19-5-12(24)25/h3,6,8-9H,1-2,4-5,15H2,(H2,16,22)(H,17,20)(H,18,26)(H,19,27)(H,21,23)(H,24,25). The van der Waals surface area contributed by atoms with Crippen molar-refractivity contribution < 1.29 is 29.1 Å². The molecule has 0 aliphatic rings. The third-order valence-electron chi connectivity index (χ3n) is 3.23. The Morgan fingerprint density at radius 1 is 1.15 bits per heavy atom. The number of carboxylic acid groups (broad SMARTS) is 1. The number of nitrogens with two attached hydrogens (primary N) is 2. The van der Waals surface area contributed by atoms with Crippen LogP contribution in [0.3, 0.4) is 0 Å². The molecule has 0 fully saturated rings. The van der Waals surface area contributed by atoms with Crippen molar-refractivity contribution in [3.8, 4) is 0 Å². The average molecular weight is 383 g/mol. The molecule has 1 rings (SSSR count). The number of hydrogen-bond acceptors (Lipinski definition) is 7. The maximum Gasteiger partial charge on any atom is 0.322 e. The van der Waals surface area contributed by atoms with Crippen molar-refractivity contribution in [2.45, 2.75) is 24.9 Å². The van der Waals surface area contributed by atoms with Crippen LogP contribution >= 0.6 is 0 Å². The van der Waals surface area contributed by atoms with Gasteiger partial charge in [0, 0.05) is 18.3 Å². The highest BCUT2D eigenvalue weighted by atomic mass is 16.4. The molecular weight excluding hydrogens is 362 g/mol. The van der Waals surface area contributed by atoms with Crippen molar-refractivity contribution in [3.05, 3.63) is 18.2 Å². The number of carbonyl (C=O) groups is 5. The van der Waals surface area contributed by atoms with E-state index in [0.29, 0.717) is 5.69 Å². The summed E-state index contributed by atoms with van der Waals surface area (Å²) in [6.45, 7) is -1.12. The summed E-state index contributed by atoms with van der Waals surface area (Å²) in [4.78, 5) is 63.6. The summed E-state index contributed by atoms with van der Waals surface area (Å²) in [5.74, 6) is -4.21. The second-order valence-electron chi connectivity index (χ2n) is 5.51. The van der Waals surface area contributed by atoms with Crippen LogP contribution in [0.25, 0.3) is 0 Å². The van der Waals surface area contributed by atoms with Crippen LogP contribution in [0.4, 0.5) is 0 Å². The molecule has 0 aliphatic carbocycles. The Kier molecular flexibility index (Phi) is 8.38. The van der Waals surface area contributed by atoms with Crippen molar-refractivity contribution >= 4 is 29.6 Å². The van der Waals surface area contributed by atoms with Gasteiger partial charge in [-0.05, 0) is 0 Å². The number of aromatic nitrogens is 2. The van der Waals surface area contributed by atoms with E-state index in [1.54, 1.807) is 0 Å². The lowest BCUT2D eigenvalue weighted by molar-refractivity contribution is -0.138. The molecule has 0 saturated heterocycles. The van der Waals surface area contributed by atoms with Crippen molar-refractivity contribution in [3.63, 3.8) is 0 Å². The normalized spacial score (nSPS) is 12.5. The molecule has 1 heterocycles. The van der Waals surface area contributed by atoms with Crippen LogP contribution in [0, 0.1) is 0 Å². The summed E-state index contributed by atoms with van der Waals surface area (Å²) in [7, 11) is 0. The number of carbonyl (C=O) groups excluding carboxylic acids is 4. The number of amides is 4. The molecule has 1 aromatic rings. The van der Waals surface area contributed by atoms with Crippen LogP contribution in [0.1, 0.15) is 12.1 Å². The van der Waals surface area contributed by atoms with Gasteiger partial charge < -0.3 is 37.5 Å². The predicted octanol–water partition coefficient (Wildman–Crippen LogP) is -4.04. The van der Waals surface area contributed by atoms with E-state index in [-0.39, 0.29) is 12.8 Å². The first kappa shape index (κ1) is 21.6.